The van der Waals surface area contributed by atoms with E-state index in [-0.39, 0.29) is 12.2 Å². The number of halogens is 1. The van der Waals surface area contributed by atoms with Crippen LogP contribution in [-0.4, -0.2) is 50.6 Å². The van der Waals surface area contributed by atoms with Crippen LogP contribution in [0.25, 0.3) is 0 Å². The van der Waals surface area contributed by atoms with Crippen molar-refractivity contribution in [2.75, 3.05) is 17.7 Å². The third kappa shape index (κ3) is 5.09. The molecule has 0 saturated carbocycles. The summed E-state index contributed by atoms with van der Waals surface area (Å²) in [4.78, 5) is 47.0. The van der Waals surface area contributed by atoms with E-state index in [0.717, 1.165) is 10.5 Å². The third-order valence-corrected chi connectivity index (χ3v) is 6.97. The number of carbonyl (C=O) groups is 3. The Morgan fingerprint density at radius 3 is 2.63 bits per heavy atom. The number of aromatic nitrogens is 3. The second kappa shape index (κ2) is 10.6. The van der Waals surface area contributed by atoms with Crippen molar-refractivity contribution < 1.29 is 18.8 Å². The SMILES string of the molecule is CCC(NC(=O)N1C(=O)[C@H](Cc2cc(C)nc(N)c2)[C@H]1C(=O)N(C)c1cnn(C)c1)c1cccc(F)c1C. The van der Waals surface area contributed by atoms with E-state index in [1.807, 2.05) is 6.92 Å². The summed E-state index contributed by atoms with van der Waals surface area (Å²) in [6.07, 6.45) is 3.88. The van der Waals surface area contributed by atoms with Gasteiger partial charge in [-0.25, -0.2) is 14.2 Å². The lowest BCUT2D eigenvalue weighted by Crippen LogP contribution is -2.70. The van der Waals surface area contributed by atoms with Gasteiger partial charge in [0.1, 0.15) is 17.7 Å². The van der Waals surface area contributed by atoms with Crippen molar-refractivity contribution in [1.82, 2.24) is 25.0 Å². The van der Waals surface area contributed by atoms with E-state index in [4.69, 9.17) is 5.73 Å². The molecule has 11 heteroatoms. The number of benzene rings is 1. The molecule has 3 aromatic rings. The van der Waals surface area contributed by atoms with Crippen LogP contribution in [0, 0.1) is 25.6 Å². The van der Waals surface area contributed by atoms with Crippen LogP contribution in [-0.2, 0) is 23.1 Å². The van der Waals surface area contributed by atoms with Crippen molar-refractivity contribution >= 4 is 29.4 Å². The lowest BCUT2D eigenvalue weighted by Gasteiger charge is -2.46. The van der Waals surface area contributed by atoms with Crippen LogP contribution < -0.4 is 16.0 Å². The van der Waals surface area contributed by atoms with E-state index >= 15 is 0 Å². The number of pyridine rings is 1. The highest BCUT2D eigenvalue weighted by molar-refractivity contribution is 6.12. The summed E-state index contributed by atoms with van der Waals surface area (Å²) in [5, 5.41) is 6.95. The number of β-lactam (4-membered cyclic amide) rings is 1. The topological polar surface area (TPSA) is 126 Å². The number of urea groups is 1. The fourth-order valence-electron chi connectivity index (χ4n) is 4.92. The van der Waals surface area contributed by atoms with Gasteiger partial charge in [0.05, 0.1) is 23.8 Å². The molecule has 38 heavy (non-hydrogen) atoms. The number of amides is 4. The smallest absolute Gasteiger partial charge is 0.325 e. The van der Waals surface area contributed by atoms with Gasteiger partial charge in [-0.3, -0.25) is 19.2 Å². The Bertz CT molecular complexity index is 1370. The summed E-state index contributed by atoms with van der Waals surface area (Å²) < 4.78 is 15.8. The Balaban J connectivity index is 1.63. The maximum atomic E-state index is 14.2. The molecule has 1 aliphatic heterocycles. The zero-order valence-corrected chi connectivity index (χ0v) is 22.1. The number of aryl methyl sites for hydroxylation is 2. The van der Waals surface area contributed by atoms with E-state index < -0.39 is 35.8 Å². The number of likely N-dealkylation sites (tertiary alicyclic amines) is 1. The minimum atomic E-state index is -1.05. The number of nitrogens with zero attached hydrogens (tertiary/aromatic N) is 5. The van der Waals surface area contributed by atoms with Crippen molar-refractivity contribution in [3.63, 3.8) is 0 Å². The maximum Gasteiger partial charge on any atom is 0.325 e. The molecule has 4 amide bonds. The Hall–Kier alpha value is -4.28. The minimum Gasteiger partial charge on any atom is -0.384 e. The normalized spacial score (nSPS) is 17.6. The van der Waals surface area contributed by atoms with E-state index in [1.54, 1.807) is 63.1 Å². The molecule has 2 aromatic heterocycles. The van der Waals surface area contributed by atoms with Gasteiger partial charge in [0.2, 0.25) is 5.91 Å². The first kappa shape index (κ1) is 26.8. The van der Waals surface area contributed by atoms with Crippen molar-refractivity contribution in [2.45, 2.75) is 45.7 Å². The van der Waals surface area contributed by atoms with E-state index in [9.17, 15) is 18.8 Å². The molecule has 1 unspecified atom stereocenters. The monoisotopic (exact) mass is 521 g/mol. The van der Waals surface area contributed by atoms with E-state index in [1.165, 1.54) is 17.2 Å². The Morgan fingerprint density at radius 1 is 1.26 bits per heavy atom. The number of nitrogens with one attached hydrogen (secondary N) is 1. The van der Waals surface area contributed by atoms with Gasteiger partial charge in [-0.1, -0.05) is 19.1 Å². The molecule has 1 fully saturated rings. The number of imide groups is 1. The zero-order chi connectivity index (χ0) is 27.7. The molecule has 200 valence electrons. The molecule has 3 N–H and O–H groups in total. The molecule has 3 atom stereocenters. The molecular weight excluding hydrogens is 489 g/mol. The van der Waals surface area contributed by atoms with Crippen molar-refractivity contribution in [3.05, 3.63) is 70.9 Å². The number of likely N-dealkylation sites (N-methyl/N-ethyl adjacent to an activating group) is 1. The number of carbonyl (C=O) groups excluding carboxylic acids is 3. The van der Waals surface area contributed by atoms with Crippen LogP contribution in [0.3, 0.4) is 0 Å². The molecular formula is C27H32FN7O3. The Labute approximate surface area is 220 Å². The number of nitrogens with two attached hydrogens (primary N) is 1. The summed E-state index contributed by atoms with van der Waals surface area (Å²) in [5.74, 6) is -1.74. The lowest BCUT2D eigenvalue weighted by molar-refractivity contribution is -0.156. The van der Waals surface area contributed by atoms with Gasteiger partial charge >= 0.3 is 6.03 Å². The summed E-state index contributed by atoms with van der Waals surface area (Å²) in [7, 11) is 3.31. The van der Waals surface area contributed by atoms with Crippen LogP contribution >= 0.6 is 0 Å². The molecule has 10 nitrogen and oxygen atoms in total. The first-order valence-electron chi connectivity index (χ1n) is 12.4. The Morgan fingerprint density at radius 2 is 2.00 bits per heavy atom. The second-order valence-corrected chi connectivity index (χ2v) is 9.64. The maximum absolute atomic E-state index is 14.2. The average molecular weight is 522 g/mol. The van der Waals surface area contributed by atoms with Gasteiger partial charge in [-0.15, -0.1) is 0 Å². The number of anilines is 2. The highest BCUT2D eigenvalue weighted by Gasteiger charge is 2.55. The number of hydrogen-bond donors (Lipinski definition) is 2. The molecule has 0 bridgehead atoms. The van der Waals surface area contributed by atoms with Crippen molar-refractivity contribution in [3.8, 4) is 0 Å². The standard InChI is InChI=1S/C27H32FN7O3/c1-6-22(19-8-7-9-21(28)16(19)3)32-27(38)35-24(26(37)34(5)18-13-30-33(4)14-18)20(25(35)36)11-17-10-15(2)31-23(29)12-17/h7-10,12-14,20,22,24H,6,11H2,1-5H3,(H2,29,31)(H,32,38)/t20-,22?,24+/m1/s1. The molecule has 0 aliphatic carbocycles. The fourth-order valence-corrected chi connectivity index (χ4v) is 4.92. The van der Waals surface area contributed by atoms with Gasteiger partial charge in [0.25, 0.3) is 5.91 Å². The van der Waals surface area contributed by atoms with Crippen molar-refractivity contribution in [2.24, 2.45) is 13.0 Å². The Kier molecular flexibility index (Phi) is 7.47. The first-order chi connectivity index (χ1) is 18.0. The predicted octanol–water partition coefficient (Wildman–Crippen LogP) is 3.05. The van der Waals surface area contributed by atoms with Crippen LogP contribution in [0.1, 0.15) is 41.8 Å². The molecule has 3 heterocycles. The van der Waals surface area contributed by atoms with Gasteiger partial charge in [0, 0.05) is 26.0 Å². The van der Waals surface area contributed by atoms with Crippen LogP contribution in [0.2, 0.25) is 0 Å². The minimum absolute atomic E-state index is 0.216. The van der Waals surface area contributed by atoms with Gasteiger partial charge in [-0.2, -0.15) is 5.10 Å². The predicted molar refractivity (Wildman–Crippen MR) is 141 cm³/mol. The van der Waals surface area contributed by atoms with Crippen LogP contribution in [0.15, 0.2) is 42.7 Å². The highest BCUT2D eigenvalue weighted by atomic mass is 19.1. The number of nitrogen functional groups attached to an aromatic ring is 1. The third-order valence-electron chi connectivity index (χ3n) is 6.97. The molecule has 1 aromatic carbocycles. The average Bonchev–Trinajstić information content (AvgIpc) is 3.30. The van der Waals surface area contributed by atoms with Gasteiger partial charge < -0.3 is 16.0 Å². The van der Waals surface area contributed by atoms with Crippen molar-refractivity contribution in [1.29, 1.82) is 0 Å². The van der Waals surface area contributed by atoms with E-state index in [2.05, 4.69) is 15.4 Å². The molecule has 0 radical (unpaired) electrons. The zero-order valence-electron chi connectivity index (χ0n) is 22.1. The number of hydrogen-bond acceptors (Lipinski definition) is 6. The summed E-state index contributed by atoms with van der Waals surface area (Å²) >= 11 is 0. The summed E-state index contributed by atoms with van der Waals surface area (Å²) in [5.41, 5.74) is 8.89. The fraction of sp³-hybridized carbons (Fsp3) is 0.370. The molecule has 1 aliphatic rings. The van der Waals surface area contributed by atoms with Crippen LogP contribution in [0.4, 0.5) is 20.7 Å². The molecule has 1 saturated heterocycles. The van der Waals surface area contributed by atoms with Gasteiger partial charge in [0.15, 0.2) is 0 Å². The number of rotatable bonds is 7. The lowest BCUT2D eigenvalue weighted by atomic mass is 9.81. The van der Waals surface area contributed by atoms with Crippen LogP contribution in [0.5, 0.6) is 0 Å². The first-order valence-corrected chi connectivity index (χ1v) is 12.4. The van der Waals surface area contributed by atoms with E-state index in [0.29, 0.717) is 34.7 Å². The molecule has 4 rings (SSSR count). The largest absolute Gasteiger partial charge is 0.384 e. The second-order valence-electron chi connectivity index (χ2n) is 9.64. The summed E-state index contributed by atoms with van der Waals surface area (Å²) in [6.45, 7) is 5.28. The van der Waals surface area contributed by atoms with Gasteiger partial charge in [-0.05, 0) is 61.6 Å². The molecule has 0 spiro atoms. The summed E-state index contributed by atoms with van der Waals surface area (Å²) in [6, 6.07) is 5.84. The quantitative estimate of drug-likeness (QED) is 0.460. The highest BCUT2D eigenvalue weighted by Crippen LogP contribution is 2.34.